The number of imidazole rings is 1. The lowest BCUT2D eigenvalue weighted by Gasteiger charge is -2.02. The van der Waals surface area contributed by atoms with Crippen LogP contribution in [0, 0.1) is 0 Å². The lowest BCUT2D eigenvalue weighted by Crippen LogP contribution is -2.07. The van der Waals surface area contributed by atoms with Crippen LogP contribution in [0.25, 0.3) is 11.3 Å². The number of nitrogens with one attached hydrogen (secondary N) is 1. The summed E-state index contributed by atoms with van der Waals surface area (Å²) in [6.07, 6.45) is 1.02. The van der Waals surface area contributed by atoms with Crippen LogP contribution >= 0.6 is 0 Å². The van der Waals surface area contributed by atoms with Gasteiger partial charge in [0.15, 0.2) is 5.69 Å². The van der Waals surface area contributed by atoms with Crippen molar-refractivity contribution >= 4 is 15.8 Å². The fraction of sp³-hybridized carbons (Fsp3) is 0.231. The van der Waals surface area contributed by atoms with Crippen molar-refractivity contribution in [3.63, 3.8) is 0 Å². The average molecular weight is 294 g/mol. The van der Waals surface area contributed by atoms with Crippen LogP contribution in [-0.4, -0.2) is 37.2 Å². The van der Waals surface area contributed by atoms with E-state index in [1.54, 1.807) is 31.2 Å². The molecule has 0 radical (unpaired) electrons. The summed E-state index contributed by atoms with van der Waals surface area (Å²) in [6, 6.07) is 8.85. The summed E-state index contributed by atoms with van der Waals surface area (Å²) in [6.45, 7) is 1.87. The number of nitrogens with zero attached hydrogens (tertiary/aromatic N) is 1. The third-order valence-corrected chi connectivity index (χ3v) is 3.46. The summed E-state index contributed by atoms with van der Waals surface area (Å²) in [5, 5.41) is -0.251. The fourth-order valence-electron chi connectivity index (χ4n) is 1.68. The lowest BCUT2D eigenvalue weighted by atomic mass is 10.1. The molecule has 0 bridgehead atoms. The van der Waals surface area contributed by atoms with Gasteiger partial charge in [-0.1, -0.05) is 30.3 Å². The highest BCUT2D eigenvalue weighted by Crippen LogP contribution is 2.23. The van der Waals surface area contributed by atoms with Gasteiger partial charge in [-0.25, -0.2) is 18.2 Å². The number of hydrogen-bond acceptors (Lipinski definition) is 5. The first kappa shape index (κ1) is 14.3. The maximum absolute atomic E-state index is 11.9. The summed E-state index contributed by atoms with van der Waals surface area (Å²) in [5.41, 5.74) is 0.949. The highest BCUT2D eigenvalue weighted by Gasteiger charge is 2.23. The first-order chi connectivity index (χ1) is 9.43. The number of carbonyl (C=O) groups is 1. The highest BCUT2D eigenvalue weighted by atomic mass is 32.2. The second-order valence-electron chi connectivity index (χ2n) is 4.12. The molecule has 20 heavy (non-hydrogen) atoms. The Morgan fingerprint density at radius 2 is 1.95 bits per heavy atom. The number of aromatic nitrogens is 2. The lowest BCUT2D eigenvalue weighted by molar-refractivity contribution is 0.0520. The van der Waals surface area contributed by atoms with E-state index in [4.69, 9.17) is 4.74 Å². The van der Waals surface area contributed by atoms with E-state index in [1.807, 2.05) is 6.07 Å². The Balaban J connectivity index is 2.60. The molecule has 7 heteroatoms. The molecule has 0 amide bonds. The first-order valence-corrected chi connectivity index (χ1v) is 7.85. The topological polar surface area (TPSA) is 89.1 Å². The number of ether oxygens (including phenoxy) is 1. The molecule has 2 aromatic rings. The summed E-state index contributed by atoms with van der Waals surface area (Å²) in [5.74, 6) is -0.631. The number of hydrogen-bond donors (Lipinski definition) is 1. The predicted octanol–water partition coefficient (Wildman–Crippen LogP) is 1.66. The molecule has 106 valence electrons. The monoisotopic (exact) mass is 294 g/mol. The van der Waals surface area contributed by atoms with Gasteiger partial charge < -0.3 is 9.72 Å². The number of esters is 1. The Morgan fingerprint density at radius 3 is 2.50 bits per heavy atom. The van der Waals surface area contributed by atoms with Crippen molar-refractivity contribution < 1.29 is 17.9 Å². The third-order valence-electron chi connectivity index (χ3n) is 2.56. The number of carbonyl (C=O) groups excluding carboxylic acids is 1. The van der Waals surface area contributed by atoms with Crippen molar-refractivity contribution in [2.75, 3.05) is 12.9 Å². The average Bonchev–Trinajstić information content (AvgIpc) is 2.85. The van der Waals surface area contributed by atoms with E-state index in [2.05, 4.69) is 9.97 Å². The maximum Gasteiger partial charge on any atom is 0.357 e. The molecule has 1 aromatic heterocycles. The Hall–Kier alpha value is -2.15. The largest absolute Gasteiger partial charge is 0.461 e. The minimum absolute atomic E-state index is 0.0403. The van der Waals surface area contributed by atoms with E-state index >= 15 is 0 Å². The quantitative estimate of drug-likeness (QED) is 0.866. The molecular formula is C13H14N2O4S. The van der Waals surface area contributed by atoms with E-state index in [1.165, 1.54) is 0 Å². The first-order valence-electron chi connectivity index (χ1n) is 5.96. The van der Waals surface area contributed by atoms with Gasteiger partial charge in [-0.2, -0.15) is 0 Å². The van der Waals surface area contributed by atoms with Gasteiger partial charge in [-0.3, -0.25) is 0 Å². The van der Waals surface area contributed by atoms with Gasteiger partial charge in [0, 0.05) is 11.8 Å². The number of H-pyrrole nitrogens is 1. The zero-order valence-electron chi connectivity index (χ0n) is 11.1. The standard InChI is InChI=1S/C13H14N2O4S/c1-3-19-12(16)11-10(9-7-5-4-6-8-9)14-13(15-11)20(2,17)18/h4-8H,3H2,1-2H3,(H,14,15). The molecule has 0 aliphatic rings. The molecule has 0 aliphatic heterocycles. The molecule has 6 nitrogen and oxygen atoms in total. The van der Waals surface area contributed by atoms with E-state index in [-0.39, 0.29) is 23.2 Å². The van der Waals surface area contributed by atoms with Gasteiger partial charge in [-0.15, -0.1) is 0 Å². The molecule has 2 rings (SSSR count). The van der Waals surface area contributed by atoms with Crippen LogP contribution in [-0.2, 0) is 14.6 Å². The molecule has 1 heterocycles. The van der Waals surface area contributed by atoms with E-state index < -0.39 is 15.8 Å². The Kier molecular flexibility index (Phi) is 3.89. The molecule has 0 aliphatic carbocycles. The van der Waals surface area contributed by atoms with E-state index in [0.717, 1.165) is 6.26 Å². The van der Waals surface area contributed by atoms with Crippen LogP contribution in [0.1, 0.15) is 17.4 Å². The van der Waals surface area contributed by atoms with Gasteiger partial charge in [0.1, 0.15) is 5.69 Å². The summed E-state index contributed by atoms with van der Waals surface area (Å²) < 4.78 is 28.0. The molecule has 0 unspecified atom stereocenters. The molecule has 0 atom stereocenters. The van der Waals surface area contributed by atoms with Gasteiger partial charge in [0.2, 0.25) is 15.0 Å². The van der Waals surface area contributed by atoms with Crippen LogP contribution in [0.15, 0.2) is 35.5 Å². The normalized spacial score (nSPS) is 11.3. The summed E-state index contributed by atoms with van der Waals surface area (Å²) in [7, 11) is -3.54. The second kappa shape index (κ2) is 5.46. The highest BCUT2D eigenvalue weighted by molar-refractivity contribution is 7.90. The Morgan fingerprint density at radius 1 is 1.30 bits per heavy atom. The SMILES string of the molecule is CCOC(=O)c1[nH]c(S(C)(=O)=O)nc1-c1ccccc1. The van der Waals surface area contributed by atoms with Crippen LogP contribution in [0.4, 0.5) is 0 Å². The van der Waals surface area contributed by atoms with Gasteiger partial charge in [-0.05, 0) is 6.92 Å². The Bertz CT molecular complexity index is 720. The minimum atomic E-state index is -3.54. The van der Waals surface area contributed by atoms with Gasteiger partial charge in [0.25, 0.3) is 0 Å². The number of sulfone groups is 1. The van der Waals surface area contributed by atoms with Gasteiger partial charge >= 0.3 is 5.97 Å². The molecule has 0 saturated carbocycles. The van der Waals surface area contributed by atoms with Gasteiger partial charge in [0.05, 0.1) is 6.61 Å². The summed E-state index contributed by atoms with van der Waals surface area (Å²) >= 11 is 0. The number of aromatic amines is 1. The van der Waals surface area contributed by atoms with Crippen LogP contribution in [0.2, 0.25) is 0 Å². The van der Waals surface area contributed by atoms with Crippen LogP contribution in [0.5, 0.6) is 0 Å². The van der Waals surface area contributed by atoms with Crippen LogP contribution in [0.3, 0.4) is 0 Å². The Labute approximate surface area is 116 Å². The number of rotatable bonds is 4. The van der Waals surface area contributed by atoms with E-state index in [0.29, 0.717) is 5.56 Å². The van der Waals surface area contributed by atoms with Crippen molar-refractivity contribution in [2.24, 2.45) is 0 Å². The smallest absolute Gasteiger partial charge is 0.357 e. The second-order valence-corrected chi connectivity index (χ2v) is 6.06. The molecule has 0 fully saturated rings. The molecular weight excluding hydrogens is 280 g/mol. The van der Waals surface area contributed by atoms with E-state index in [9.17, 15) is 13.2 Å². The van der Waals surface area contributed by atoms with Crippen molar-refractivity contribution in [1.29, 1.82) is 0 Å². The zero-order valence-corrected chi connectivity index (χ0v) is 11.9. The molecule has 1 aromatic carbocycles. The van der Waals surface area contributed by atoms with Crippen LogP contribution < -0.4 is 0 Å². The summed E-state index contributed by atoms with van der Waals surface area (Å²) in [4.78, 5) is 18.4. The molecule has 0 saturated heterocycles. The van der Waals surface area contributed by atoms with Crippen molar-refractivity contribution in [1.82, 2.24) is 9.97 Å². The molecule has 0 spiro atoms. The maximum atomic E-state index is 11.9. The van der Waals surface area contributed by atoms with Crippen molar-refractivity contribution in [3.8, 4) is 11.3 Å². The number of benzene rings is 1. The van der Waals surface area contributed by atoms with Crippen molar-refractivity contribution in [2.45, 2.75) is 12.1 Å². The third kappa shape index (κ3) is 2.88. The minimum Gasteiger partial charge on any atom is -0.461 e. The zero-order chi connectivity index (χ0) is 14.8. The predicted molar refractivity (Wildman–Crippen MR) is 73.1 cm³/mol. The molecule has 1 N–H and O–H groups in total. The fourth-order valence-corrected chi connectivity index (χ4v) is 2.23. The van der Waals surface area contributed by atoms with Crippen molar-refractivity contribution in [3.05, 3.63) is 36.0 Å².